The van der Waals surface area contributed by atoms with Gasteiger partial charge in [0.05, 0.1) is 10.6 Å². The van der Waals surface area contributed by atoms with Crippen LogP contribution in [0.1, 0.15) is 43.6 Å². The minimum Gasteiger partial charge on any atom is -0.339 e. The van der Waals surface area contributed by atoms with E-state index < -0.39 is 10.0 Å². The smallest absolute Gasteiger partial charge is 0.264 e. The van der Waals surface area contributed by atoms with Crippen molar-refractivity contribution in [1.29, 1.82) is 0 Å². The van der Waals surface area contributed by atoms with Gasteiger partial charge in [-0.3, -0.25) is 9.10 Å². The van der Waals surface area contributed by atoms with Gasteiger partial charge in [-0.2, -0.15) is 0 Å². The third kappa shape index (κ3) is 3.78. The van der Waals surface area contributed by atoms with Gasteiger partial charge in [0.15, 0.2) is 0 Å². The highest BCUT2D eigenvalue weighted by atomic mass is 32.2. The molecule has 1 atom stereocenters. The molecule has 0 aromatic heterocycles. The molecular weight excluding hydrogens is 372 g/mol. The van der Waals surface area contributed by atoms with Crippen LogP contribution in [-0.2, 0) is 16.4 Å². The lowest BCUT2D eigenvalue weighted by Gasteiger charge is -2.25. The van der Waals surface area contributed by atoms with Crippen molar-refractivity contribution in [2.45, 2.75) is 45.1 Å². The quantitative estimate of drug-likeness (QED) is 0.738. The molecule has 5 nitrogen and oxygen atoms in total. The van der Waals surface area contributed by atoms with Crippen molar-refractivity contribution in [2.24, 2.45) is 5.92 Å². The highest BCUT2D eigenvalue weighted by molar-refractivity contribution is 7.92. The Labute approximate surface area is 168 Å². The zero-order valence-corrected chi connectivity index (χ0v) is 17.7. The predicted molar refractivity (Wildman–Crippen MR) is 112 cm³/mol. The first-order valence-corrected chi connectivity index (χ1v) is 11.2. The van der Waals surface area contributed by atoms with Crippen molar-refractivity contribution < 1.29 is 13.2 Å². The number of fused-ring (bicyclic) bond motifs is 1. The summed E-state index contributed by atoms with van der Waals surface area (Å²) in [5.41, 5.74) is 2.16. The van der Waals surface area contributed by atoms with Crippen LogP contribution in [0.3, 0.4) is 0 Å². The van der Waals surface area contributed by atoms with Crippen LogP contribution in [0.4, 0.5) is 5.69 Å². The van der Waals surface area contributed by atoms with E-state index in [1.807, 2.05) is 38.1 Å². The number of carbonyl (C=O) groups is 1. The molecule has 0 N–H and O–H groups in total. The summed E-state index contributed by atoms with van der Waals surface area (Å²) in [5.74, 6) is 0.209. The summed E-state index contributed by atoms with van der Waals surface area (Å²) in [5, 5.41) is 0. The molecule has 0 spiro atoms. The molecule has 0 saturated carbocycles. The summed E-state index contributed by atoms with van der Waals surface area (Å²) in [4.78, 5) is 14.8. The molecular formula is C22H28N2O3S. The Morgan fingerprint density at radius 3 is 2.57 bits per heavy atom. The highest BCUT2D eigenvalue weighted by Crippen LogP contribution is 2.36. The average molecular weight is 401 g/mol. The second-order valence-electron chi connectivity index (χ2n) is 7.75. The fourth-order valence-electron chi connectivity index (χ4n) is 3.79. The van der Waals surface area contributed by atoms with Crippen molar-refractivity contribution in [3.05, 3.63) is 59.7 Å². The fraction of sp³-hybridized carbons (Fsp3) is 0.409. The van der Waals surface area contributed by atoms with Gasteiger partial charge in [-0.05, 0) is 56.0 Å². The number of rotatable bonds is 6. The lowest BCUT2D eigenvalue weighted by molar-refractivity contribution is 0.0745. The van der Waals surface area contributed by atoms with Gasteiger partial charge in [0, 0.05) is 24.7 Å². The first-order chi connectivity index (χ1) is 13.3. The molecule has 150 valence electrons. The van der Waals surface area contributed by atoms with E-state index in [0.29, 0.717) is 31.0 Å². The van der Waals surface area contributed by atoms with Crippen LogP contribution in [0.2, 0.25) is 0 Å². The van der Waals surface area contributed by atoms with E-state index in [4.69, 9.17) is 0 Å². The number of anilines is 1. The SMILES string of the molecule is CCN(CC(C)C)C(=O)c1cccc(S(=O)(=O)N2c3ccccc3CC2C)c1. The molecule has 1 aliphatic heterocycles. The normalized spacial score (nSPS) is 16.3. The molecule has 0 fully saturated rings. The van der Waals surface area contributed by atoms with E-state index in [1.54, 1.807) is 23.1 Å². The van der Waals surface area contributed by atoms with Gasteiger partial charge >= 0.3 is 0 Å². The monoisotopic (exact) mass is 400 g/mol. The fourth-order valence-corrected chi connectivity index (χ4v) is 5.52. The first kappa shape index (κ1) is 20.4. The Hall–Kier alpha value is -2.34. The van der Waals surface area contributed by atoms with Crippen LogP contribution >= 0.6 is 0 Å². The van der Waals surface area contributed by atoms with E-state index in [9.17, 15) is 13.2 Å². The largest absolute Gasteiger partial charge is 0.339 e. The van der Waals surface area contributed by atoms with Crippen molar-refractivity contribution in [3.63, 3.8) is 0 Å². The van der Waals surface area contributed by atoms with Crippen LogP contribution in [0.15, 0.2) is 53.4 Å². The number of benzene rings is 2. The number of carbonyl (C=O) groups excluding carboxylic acids is 1. The summed E-state index contributed by atoms with van der Waals surface area (Å²) in [6, 6.07) is 13.8. The second-order valence-corrected chi connectivity index (χ2v) is 9.56. The maximum absolute atomic E-state index is 13.4. The van der Waals surface area contributed by atoms with Crippen LogP contribution in [-0.4, -0.2) is 38.4 Å². The number of hydrogen-bond acceptors (Lipinski definition) is 3. The molecule has 0 saturated heterocycles. The maximum atomic E-state index is 13.4. The van der Waals surface area contributed by atoms with Gasteiger partial charge in [-0.25, -0.2) is 8.42 Å². The Morgan fingerprint density at radius 2 is 1.89 bits per heavy atom. The highest BCUT2D eigenvalue weighted by Gasteiger charge is 2.36. The summed E-state index contributed by atoms with van der Waals surface area (Å²) in [7, 11) is -3.75. The van der Waals surface area contributed by atoms with Crippen molar-refractivity contribution >= 4 is 21.6 Å². The molecule has 0 aliphatic carbocycles. The van der Waals surface area contributed by atoms with E-state index in [1.165, 1.54) is 10.4 Å². The molecule has 1 heterocycles. The average Bonchev–Trinajstić information content (AvgIpc) is 3.01. The molecule has 1 amide bonds. The summed E-state index contributed by atoms with van der Waals surface area (Å²) in [6.07, 6.45) is 0.687. The zero-order chi connectivity index (χ0) is 20.5. The molecule has 3 rings (SSSR count). The van der Waals surface area contributed by atoms with Gasteiger partial charge in [0.1, 0.15) is 0 Å². The van der Waals surface area contributed by atoms with E-state index in [2.05, 4.69) is 13.8 Å². The number of sulfonamides is 1. The lowest BCUT2D eigenvalue weighted by atomic mass is 10.1. The maximum Gasteiger partial charge on any atom is 0.264 e. The Bertz CT molecular complexity index is 969. The third-order valence-electron chi connectivity index (χ3n) is 5.04. The topological polar surface area (TPSA) is 57.7 Å². The predicted octanol–water partition coefficient (Wildman–Crippen LogP) is 3.94. The molecule has 1 aliphatic rings. The minimum absolute atomic E-state index is 0.136. The lowest BCUT2D eigenvalue weighted by Crippen LogP contribution is -2.36. The van der Waals surface area contributed by atoms with Gasteiger partial charge in [0.2, 0.25) is 0 Å². The van der Waals surface area contributed by atoms with E-state index >= 15 is 0 Å². The van der Waals surface area contributed by atoms with Gasteiger partial charge in [-0.15, -0.1) is 0 Å². The number of hydrogen-bond donors (Lipinski definition) is 0. The molecule has 0 radical (unpaired) electrons. The summed E-state index contributed by atoms with van der Waals surface area (Å²) >= 11 is 0. The van der Waals surface area contributed by atoms with Crippen LogP contribution in [0, 0.1) is 5.92 Å². The molecule has 28 heavy (non-hydrogen) atoms. The number of amides is 1. The Kier molecular flexibility index (Phi) is 5.79. The Morgan fingerprint density at radius 1 is 1.18 bits per heavy atom. The molecule has 2 aromatic rings. The minimum atomic E-state index is -3.75. The zero-order valence-electron chi connectivity index (χ0n) is 16.9. The van der Waals surface area contributed by atoms with Gasteiger partial charge in [-0.1, -0.05) is 38.1 Å². The second kappa shape index (κ2) is 7.95. The van der Waals surface area contributed by atoms with Crippen LogP contribution in [0.25, 0.3) is 0 Å². The van der Waals surface area contributed by atoms with Crippen LogP contribution in [0.5, 0.6) is 0 Å². The summed E-state index contributed by atoms with van der Waals surface area (Å²) in [6.45, 7) is 9.19. The van der Waals surface area contributed by atoms with E-state index in [0.717, 1.165) is 11.3 Å². The molecule has 6 heteroatoms. The first-order valence-electron chi connectivity index (χ1n) is 9.77. The van der Waals surface area contributed by atoms with E-state index in [-0.39, 0.29) is 16.8 Å². The van der Waals surface area contributed by atoms with Crippen LogP contribution < -0.4 is 4.31 Å². The van der Waals surface area contributed by atoms with Gasteiger partial charge in [0.25, 0.3) is 15.9 Å². The van der Waals surface area contributed by atoms with Crippen molar-refractivity contribution in [1.82, 2.24) is 4.90 Å². The molecule has 2 aromatic carbocycles. The number of nitrogens with zero attached hydrogens (tertiary/aromatic N) is 2. The van der Waals surface area contributed by atoms with Gasteiger partial charge < -0.3 is 4.90 Å². The van der Waals surface area contributed by atoms with Crippen molar-refractivity contribution in [3.8, 4) is 0 Å². The standard InChI is InChI=1S/C22H28N2O3S/c1-5-23(15-16(2)3)22(25)19-10-8-11-20(14-19)28(26,27)24-17(4)13-18-9-6-7-12-21(18)24/h6-12,14,16-17H,5,13,15H2,1-4H3. The third-order valence-corrected chi connectivity index (χ3v) is 6.96. The van der Waals surface area contributed by atoms with Crippen molar-refractivity contribution in [2.75, 3.05) is 17.4 Å². The summed E-state index contributed by atoms with van der Waals surface area (Å²) < 4.78 is 28.3. The number of para-hydroxylation sites is 1. The molecule has 1 unspecified atom stereocenters. The Balaban J connectivity index is 1.96. The molecule has 0 bridgehead atoms.